The van der Waals surface area contributed by atoms with Crippen LogP contribution in [-0.4, -0.2) is 41.9 Å². The van der Waals surface area contributed by atoms with Gasteiger partial charge in [-0.2, -0.15) is 11.8 Å². The van der Waals surface area contributed by atoms with Crippen molar-refractivity contribution in [2.45, 2.75) is 38.1 Å². The molecular weight excluding hydrogens is 214 g/mol. The van der Waals surface area contributed by atoms with Gasteiger partial charge in [0.1, 0.15) is 0 Å². The summed E-state index contributed by atoms with van der Waals surface area (Å²) in [6, 6.07) is 0.843. The molecule has 84 valence electrons. The maximum absolute atomic E-state index is 5.73. The van der Waals surface area contributed by atoms with Crippen molar-refractivity contribution < 1.29 is 0 Å². The first kappa shape index (κ1) is 12.7. The van der Waals surface area contributed by atoms with E-state index in [1.165, 1.54) is 50.9 Å². The van der Waals surface area contributed by atoms with Gasteiger partial charge in [0.15, 0.2) is 0 Å². The summed E-state index contributed by atoms with van der Waals surface area (Å²) < 4.78 is 0. The molecule has 1 aliphatic rings. The first-order valence-electron chi connectivity index (χ1n) is 5.67. The van der Waals surface area contributed by atoms with E-state index < -0.39 is 0 Å². The van der Waals surface area contributed by atoms with Crippen LogP contribution in [0.2, 0.25) is 0 Å². The second-order valence-corrected chi connectivity index (χ2v) is 5.37. The average molecular weight is 236 g/mol. The van der Waals surface area contributed by atoms with E-state index in [0.29, 0.717) is 0 Å². The number of nitrogens with zero attached hydrogens (tertiary/aromatic N) is 1. The number of halogens is 1. The molecule has 0 aromatic rings. The summed E-state index contributed by atoms with van der Waals surface area (Å²) in [5, 5.41) is 0. The van der Waals surface area contributed by atoms with Gasteiger partial charge in [-0.25, -0.2) is 0 Å². The number of hydrogen-bond donors (Lipinski definition) is 0. The lowest BCUT2D eigenvalue weighted by Crippen LogP contribution is -2.30. The fourth-order valence-electron chi connectivity index (χ4n) is 2.24. The number of likely N-dealkylation sites (tertiary alicyclic amines) is 1. The van der Waals surface area contributed by atoms with E-state index in [-0.39, 0.29) is 0 Å². The molecule has 0 N–H and O–H groups in total. The Morgan fingerprint density at radius 3 is 3.00 bits per heavy atom. The maximum Gasteiger partial charge on any atom is 0.0224 e. The summed E-state index contributed by atoms with van der Waals surface area (Å²) in [5.74, 6) is 2.13. The Kier molecular flexibility index (Phi) is 7.09. The molecule has 1 nitrogen and oxygen atoms in total. The second-order valence-electron chi connectivity index (χ2n) is 4.01. The van der Waals surface area contributed by atoms with Gasteiger partial charge in [0, 0.05) is 11.9 Å². The van der Waals surface area contributed by atoms with Crippen LogP contribution in [0.25, 0.3) is 0 Å². The molecule has 1 atom stereocenters. The van der Waals surface area contributed by atoms with Crippen LogP contribution in [0.3, 0.4) is 0 Å². The molecule has 1 fully saturated rings. The molecule has 0 aliphatic carbocycles. The highest BCUT2D eigenvalue weighted by atomic mass is 35.5. The summed E-state index contributed by atoms with van der Waals surface area (Å²) >= 11 is 7.69. The predicted octanol–water partition coefficient (Wildman–Crippen LogP) is 3.22. The maximum atomic E-state index is 5.73. The van der Waals surface area contributed by atoms with Crippen LogP contribution >= 0.6 is 23.4 Å². The molecule has 1 rings (SSSR count). The van der Waals surface area contributed by atoms with Crippen LogP contribution in [0, 0.1) is 0 Å². The zero-order valence-electron chi connectivity index (χ0n) is 9.17. The minimum absolute atomic E-state index is 0.829. The molecule has 14 heavy (non-hydrogen) atoms. The highest BCUT2D eigenvalue weighted by molar-refractivity contribution is 7.98. The molecule has 0 aromatic carbocycles. The SMILES string of the molecule is CSCCCN1CCCC1CCCCl. The Morgan fingerprint density at radius 1 is 1.43 bits per heavy atom. The van der Waals surface area contributed by atoms with Crippen LogP contribution in [0.5, 0.6) is 0 Å². The van der Waals surface area contributed by atoms with E-state index in [2.05, 4.69) is 11.2 Å². The number of rotatable bonds is 7. The first-order valence-corrected chi connectivity index (χ1v) is 7.60. The normalized spacial score (nSPS) is 23.1. The van der Waals surface area contributed by atoms with Gasteiger partial charge in [-0.05, 0) is 57.2 Å². The standard InChI is InChI=1S/C11H22ClNS/c1-14-10-4-9-13-8-3-6-11(13)5-2-7-12/h11H,2-10H2,1H3. The second kappa shape index (κ2) is 7.84. The molecule has 1 aliphatic heterocycles. The fourth-order valence-corrected chi connectivity index (χ4v) is 2.81. The van der Waals surface area contributed by atoms with Gasteiger partial charge in [0.05, 0.1) is 0 Å². The van der Waals surface area contributed by atoms with Crippen LogP contribution in [0.4, 0.5) is 0 Å². The van der Waals surface area contributed by atoms with Crippen molar-refractivity contribution >= 4 is 23.4 Å². The van der Waals surface area contributed by atoms with Gasteiger partial charge in [-0.3, -0.25) is 0 Å². The van der Waals surface area contributed by atoms with Crippen molar-refractivity contribution in [1.82, 2.24) is 4.90 Å². The summed E-state index contributed by atoms with van der Waals surface area (Å²) in [7, 11) is 0. The van der Waals surface area contributed by atoms with Gasteiger partial charge >= 0.3 is 0 Å². The Labute approximate surface area is 97.6 Å². The highest BCUT2D eigenvalue weighted by Gasteiger charge is 2.22. The van der Waals surface area contributed by atoms with Gasteiger partial charge in [0.2, 0.25) is 0 Å². The third-order valence-corrected chi connectivity index (χ3v) is 3.93. The van der Waals surface area contributed by atoms with Gasteiger partial charge < -0.3 is 4.90 Å². The molecule has 0 amide bonds. The van der Waals surface area contributed by atoms with E-state index in [1.807, 2.05) is 11.8 Å². The summed E-state index contributed by atoms with van der Waals surface area (Å²) in [6.07, 6.45) is 8.82. The van der Waals surface area contributed by atoms with E-state index in [4.69, 9.17) is 11.6 Å². The minimum Gasteiger partial charge on any atom is -0.300 e. The molecule has 1 saturated heterocycles. The van der Waals surface area contributed by atoms with E-state index in [0.717, 1.165) is 11.9 Å². The Balaban J connectivity index is 2.14. The van der Waals surface area contributed by atoms with Crippen molar-refractivity contribution in [3.63, 3.8) is 0 Å². The molecule has 3 heteroatoms. The van der Waals surface area contributed by atoms with Crippen molar-refractivity contribution in [1.29, 1.82) is 0 Å². The largest absolute Gasteiger partial charge is 0.300 e. The Morgan fingerprint density at radius 2 is 2.29 bits per heavy atom. The Hall–Kier alpha value is 0.600. The quantitative estimate of drug-likeness (QED) is 0.493. The van der Waals surface area contributed by atoms with Gasteiger partial charge in [0.25, 0.3) is 0 Å². The Bertz CT molecular complexity index is 143. The van der Waals surface area contributed by atoms with E-state index in [1.54, 1.807) is 0 Å². The van der Waals surface area contributed by atoms with Gasteiger partial charge in [-0.1, -0.05) is 0 Å². The predicted molar refractivity (Wildman–Crippen MR) is 67.5 cm³/mol. The molecule has 0 spiro atoms. The smallest absolute Gasteiger partial charge is 0.0224 e. The molecule has 0 aromatic heterocycles. The molecule has 0 radical (unpaired) electrons. The van der Waals surface area contributed by atoms with Gasteiger partial charge in [-0.15, -0.1) is 11.6 Å². The summed E-state index contributed by atoms with van der Waals surface area (Å²) in [6.45, 7) is 2.62. The van der Waals surface area contributed by atoms with Crippen molar-refractivity contribution in [2.24, 2.45) is 0 Å². The minimum atomic E-state index is 0.829. The van der Waals surface area contributed by atoms with Crippen molar-refractivity contribution in [2.75, 3.05) is 31.0 Å². The van der Waals surface area contributed by atoms with Crippen molar-refractivity contribution in [3.8, 4) is 0 Å². The lowest BCUT2D eigenvalue weighted by molar-refractivity contribution is 0.243. The summed E-state index contributed by atoms with van der Waals surface area (Å²) in [5.41, 5.74) is 0. The summed E-state index contributed by atoms with van der Waals surface area (Å²) in [4.78, 5) is 2.67. The van der Waals surface area contributed by atoms with Crippen LogP contribution < -0.4 is 0 Å². The van der Waals surface area contributed by atoms with E-state index >= 15 is 0 Å². The van der Waals surface area contributed by atoms with E-state index in [9.17, 15) is 0 Å². The topological polar surface area (TPSA) is 3.24 Å². The lowest BCUT2D eigenvalue weighted by Gasteiger charge is -2.23. The van der Waals surface area contributed by atoms with Crippen LogP contribution in [0.1, 0.15) is 32.1 Å². The third-order valence-electron chi connectivity index (χ3n) is 2.96. The van der Waals surface area contributed by atoms with Crippen molar-refractivity contribution in [3.05, 3.63) is 0 Å². The lowest BCUT2D eigenvalue weighted by atomic mass is 10.1. The van der Waals surface area contributed by atoms with Crippen LogP contribution in [0.15, 0.2) is 0 Å². The zero-order chi connectivity index (χ0) is 10.2. The monoisotopic (exact) mass is 235 g/mol. The number of thioether (sulfide) groups is 1. The molecule has 0 saturated carbocycles. The zero-order valence-corrected chi connectivity index (χ0v) is 10.7. The number of alkyl halides is 1. The highest BCUT2D eigenvalue weighted by Crippen LogP contribution is 2.21. The third kappa shape index (κ3) is 4.41. The number of hydrogen-bond acceptors (Lipinski definition) is 2. The molecule has 0 bridgehead atoms. The molecule has 1 heterocycles. The average Bonchev–Trinajstić information content (AvgIpc) is 2.63. The van der Waals surface area contributed by atoms with Crippen LogP contribution in [-0.2, 0) is 0 Å². The fraction of sp³-hybridized carbons (Fsp3) is 1.00. The molecular formula is C11H22ClNS. The first-order chi connectivity index (χ1) is 6.88. The molecule has 1 unspecified atom stereocenters.